The summed E-state index contributed by atoms with van der Waals surface area (Å²) in [5.74, 6) is 0.217. The molecule has 3 rings (SSSR count). The summed E-state index contributed by atoms with van der Waals surface area (Å²) in [6, 6.07) is 13.4. The van der Waals surface area contributed by atoms with Crippen molar-refractivity contribution in [2.45, 2.75) is 13.5 Å². The number of benzene rings is 2. The second-order valence-electron chi connectivity index (χ2n) is 6.52. The predicted molar refractivity (Wildman–Crippen MR) is 112 cm³/mol. The zero-order chi connectivity index (χ0) is 21.0. The van der Waals surface area contributed by atoms with Gasteiger partial charge in [-0.25, -0.2) is 9.07 Å². The molecule has 0 N–H and O–H groups in total. The van der Waals surface area contributed by atoms with Gasteiger partial charge in [0, 0.05) is 30.8 Å². The Morgan fingerprint density at radius 2 is 1.93 bits per heavy atom. The Morgan fingerprint density at radius 3 is 2.62 bits per heavy atom. The topological polar surface area (TPSA) is 47.4 Å². The fourth-order valence-electron chi connectivity index (χ4n) is 2.90. The molecule has 0 aliphatic carbocycles. The quantitative estimate of drug-likeness (QED) is 0.552. The van der Waals surface area contributed by atoms with Crippen LogP contribution in [-0.4, -0.2) is 34.7 Å². The standard InChI is InChI=1S/C22H21ClFN3O2/c1-15-19(22(23)27(25-15)18-10-8-17(24)9-11-18)12-13-21(28)26(2)14-16-6-4-5-7-20(16)29-3/h4-13H,14H2,1-3H3. The molecule has 0 aliphatic rings. The third-order valence-corrected chi connectivity index (χ3v) is 4.85. The van der Waals surface area contributed by atoms with Gasteiger partial charge in [-0.3, -0.25) is 4.79 Å². The molecule has 0 atom stereocenters. The minimum atomic E-state index is -0.336. The van der Waals surface area contributed by atoms with Gasteiger partial charge in [-0.2, -0.15) is 5.10 Å². The number of amides is 1. The Balaban J connectivity index is 1.77. The van der Waals surface area contributed by atoms with E-state index in [1.54, 1.807) is 44.2 Å². The Hall–Kier alpha value is -3.12. The lowest BCUT2D eigenvalue weighted by Gasteiger charge is -2.17. The number of hydrogen-bond donors (Lipinski definition) is 0. The van der Waals surface area contributed by atoms with Crippen molar-refractivity contribution in [3.8, 4) is 11.4 Å². The molecular formula is C22H21ClFN3O2. The molecule has 0 radical (unpaired) electrons. The van der Waals surface area contributed by atoms with Crippen molar-refractivity contribution in [3.05, 3.63) is 82.4 Å². The molecule has 1 amide bonds. The number of carbonyl (C=O) groups excluding carboxylic acids is 1. The summed E-state index contributed by atoms with van der Waals surface area (Å²) < 4.78 is 20.0. The molecule has 5 nitrogen and oxygen atoms in total. The fraction of sp³-hybridized carbons (Fsp3) is 0.182. The van der Waals surface area contributed by atoms with Gasteiger partial charge in [0.2, 0.25) is 5.91 Å². The summed E-state index contributed by atoms with van der Waals surface area (Å²) in [5.41, 5.74) is 2.85. The molecule has 0 bridgehead atoms. The van der Waals surface area contributed by atoms with E-state index < -0.39 is 0 Å². The summed E-state index contributed by atoms with van der Waals surface area (Å²) in [6.45, 7) is 2.21. The molecule has 0 fully saturated rings. The summed E-state index contributed by atoms with van der Waals surface area (Å²) in [7, 11) is 3.32. The van der Waals surface area contributed by atoms with Crippen molar-refractivity contribution in [2.75, 3.05) is 14.2 Å². The van der Waals surface area contributed by atoms with Crippen molar-refractivity contribution in [1.82, 2.24) is 14.7 Å². The van der Waals surface area contributed by atoms with Crippen LogP contribution in [0.25, 0.3) is 11.8 Å². The number of ether oxygens (including phenoxy) is 1. The number of hydrogen-bond acceptors (Lipinski definition) is 3. The van der Waals surface area contributed by atoms with Gasteiger partial charge in [0.05, 0.1) is 18.5 Å². The van der Waals surface area contributed by atoms with Crippen molar-refractivity contribution in [2.24, 2.45) is 0 Å². The molecule has 7 heteroatoms. The van der Waals surface area contributed by atoms with Crippen molar-refractivity contribution < 1.29 is 13.9 Å². The van der Waals surface area contributed by atoms with E-state index in [2.05, 4.69) is 5.10 Å². The number of aromatic nitrogens is 2. The first-order chi connectivity index (χ1) is 13.9. The van der Waals surface area contributed by atoms with Crippen LogP contribution in [0.15, 0.2) is 54.6 Å². The average Bonchev–Trinajstić information content (AvgIpc) is 3.00. The Labute approximate surface area is 174 Å². The third kappa shape index (κ3) is 4.66. The van der Waals surface area contributed by atoms with E-state index in [1.807, 2.05) is 24.3 Å². The molecule has 0 saturated carbocycles. The number of methoxy groups -OCH3 is 1. The monoisotopic (exact) mass is 413 g/mol. The van der Waals surface area contributed by atoms with Crippen molar-refractivity contribution >= 4 is 23.6 Å². The number of halogens is 2. The maximum Gasteiger partial charge on any atom is 0.246 e. The molecule has 0 unspecified atom stereocenters. The van der Waals surface area contributed by atoms with Crippen LogP contribution < -0.4 is 4.74 Å². The van der Waals surface area contributed by atoms with Gasteiger partial charge < -0.3 is 9.64 Å². The molecule has 2 aromatic carbocycles. The normalized spacial score (nSPS) is 11.1. The Morgan fingerprint density at radius 1 is 1.24 bits per heavy atom. The molecule has 1 aromatic heterocycles. The highest BCUT2D eigenvalue weighted by atomic mass is 35.5. The van der Waals surface area contributed by atoms with Crippen molar-refractivity contribution in [3.63, 3.8) is 0 Å². The smallest absolute Gasteiger partial charge is 0.246 e. The zero-order valence-corrected chi connectivity index (χ0v) is 17.2. The second-order valence-corrected chi connectivity index (χ2v) is 6.88. The second kappa shape index (κ2) is 8.92. The zero-order valence-electron chi connectivity index (χ0n) is 16.4. The summed E-state index contributed by atoms with van der Waals surface area (Å²) in [5, 5.41) is 4.75. The molecule has 0 saturated heterocycles. The van der Waals surface area contributed by atoms with Crippen LogP contribution in [0.1, 0.15) is 16.8 Å². The summed E-state index contributed by atoms with van der Waals surface area (Å²) >= 11 is 6.45. The molecule has 0 aliphatic heterocycles. The van der Waals surface area contributed by atoms with Gasteiger partial charge in [0.25, 0.3) is 0 Å². The lowest BCUT2D eigenvalue weighted by atomic mass is 10.2. The fourth-order valence-corrected chi connectivity index (χ4v) is 3.24. The summed E-state index contributed by atoms with van der Waals surface area (Å²) in [4.78, 5) is 14.1. The van der Waals surface area contributed by atoms with Crippen LogP contribution in [0.2, 0.25) is 5.15 Å². The van der Waals surface area contributed by atoms with E-state index in [0.717, 1.165) is 11.3 Å². The Bertz CT molecular complexity index is 1040. The molecular weight excluding hydrogens is 393 g/mol. The highest BCUT2D eigenvalue weighted by Crippen LogP contribution is 2.25. The first kappa shape index (κ1) is 20.6. The van der Waals surface area contributed by atoms with Gasteiger partial charge in [-0.05, 0) is 43.3 Å². The first-order valence-corrected chi connectivity index (χ1v) is 9.34. The van der Waals surface area contributed by atoms with Crippen LogP contribution in [0.3, 0.4) is 0 Å². The average molecular weight is 414 g/mol. The van der Waals surface area contributed by atoms with E-state index in [9.17, 15) is 9.18 Å². The van der Waals surface area contributed by atoms with Crippen LogP contribution in [-0.2, 0) is 11.3 Å². The van der Waals surface area contributed by atoms with Gasteiger partial charge in [-0.1, -0.05) is 29.8 Å². The maximum atomic E-state index is 13.2. The number of aryl methyl sites for hydroxylation is 1. The first-order valence-electron chi connectivity index (χ1n) is 8.97. The Kier molecular flexibility index (Phi) is 6.34. The predicted octanol–water partition coefficient (Wildman–Crippen LogP) is 4.65. The van der Waals surface area contributed by atoms with E-state index in [4.69, 9.17) is 16.3 Å². The molecule has 1 heterocycles. The van der Waals surface area contributed by atoms with Gasteiger partial charge in [0.15, 0.2) is 0 Å². The highest BCUT2D eigenvalue weighted by molar-refractivity contribution is 6.31. The SMILES string of the molecule is COc1ccccc1CN(C)C(=O)C=Cc1c(C)nn(-c2ccc(F)cc2)c1Cl. The summed E-state index contributed by atoms with van der Waals surface area (Å²) in [6.07, 6.45) is 3.10. The van der Waals surface area contributed by atoms with E-state index >= 15 is 0 Å². The van der Waals surface area contributed by atoms with Gasteiger partial charge in [-0.15, -0.1) is 0 Å². The minimum Gasteiger partial charge on any atom is -0.496 e. The van der Waals surface area contributed by atoms with Crippen LogP contribution in [0.4, 0.5) is 4.39 Å². The van der Waals surface area contributed by atoms with E-state index in [0.29, 0.717) is 28.6 Å². The minimum absolute atomic E-state index is 0.180. The lowest BCUT2D eigenvalue weighted by Crippen LogP contribution is -2.24. The molecule has 0 spiro atoms. The molecule has 29 heavy (non-hydrogen) atoms. The lowest BCUT2D eigenvalue weighted by molar-refractivity contribution is -0.125. The largest absolute Gasteiger partial charge is 0.496 e. The van der Waals surface area contributed by atoms with Crippen LogP contribution >= 0.6 is 11.6 Å². The van der Waals surface area contributed by atoms with Crippen LogP contribution in [0.5, 0.6) is 5.75 Å². The molecule has 3 aromatic rings. The third-order valence-electron chi connectivity index (χ3n) is 4.49. The number of rotatable bonds is 6. The number of nitrogens with zero attached hydrogens (tertiary/aromatic N) is 3. The van der Waals surface area contributed by atoms with Crippen LogP contribution in [0, 0.1) is 12.7 Å². The maximum absolute atomic E-state index is 13.2. The number of para-hydroxylation sites is 1. The number of carbonyl (C=O) groups is 1. The van der Waals surface area contributed by atoms with Gasteiger partial charge in [0.1, 0.15) is 16.7 Å². The number of likely N-dealkylation sites (N-methyl/N-ethyl adjacent to an activating group) is 1. The molecule has 150 valence electrons. The van der Waals surface area contributed by atoms with Crippen molar-refractivity contribution in [1.29, 1.82) is 0 Å². The highest BCUT2D eigenvalue weighted by Gasteiger charge is 2.14. The van der Waals surface area contributed by atoms with Gasteiger partial charge >= 0.3 is 0 Å². The van der Waals surface area contributed by atoms with E-state index in [1.165, 1.54) is 22.9 Å². The van der Waals surface area contributed by atoms with E-state index in [-0.39, 0.29) is 11.7 Å².